The van der Waals surface area contributed by atoms with Crippen molar-refractivity contribution in [3.63, 3.8) is 0 Å². The van der Waals surface area contributed by atoms with E-state index in [1.54, 1.807) is 14.0 Å². The highest BCUT2D eigenvalue weighted by Gasteiger charge is 1.95. The third-order valence-corrected chi connectivity index (χ3v) is 1.50. The van der Waals surface area contributed by atoms with Crippen molar-refractivity contribution in [1.29, 1.82) is 5.41 Å². The minimum absolute atomic E-state index is 0.559. The maximum Gasteiger partial charge on any atom is 0.119 e. The van der Waals surface area contributed by atoms with E-state index < -0.39 is 0 Å². The average Bonchev–Trinajstić information content (AvgIpc) is 2.05. The van der Waals surface area contributed by atoms with Crippen LogP contribution in [0.5, 0.6) is 5.75 Å². The van der Waals surface area contributed by atoms with Crippen LogP contribution in [-0.4, -0.2) is 12.8 Å². The molecule has 0 aliphatic heterocycles. The molecule has 0 saturated carbocycles. The third-order valence-electron chi connectivity index (χ3n) is 1.50. The maximum atomic E-state index is 7.35. The Morgan fingerprint density at radius 2 is 2.18 bits per heavy atom. The fraction of sp³-hybridized carbons (Fsp3) is 0.222. The second-order valence-corrected chi connectivity index (χ2v) is 2.36. The summed E-state index contributed by atoms with van der Waals surface area (Å²) in [7, 11) is 1.62. The topological polar surface area (TPSA) is 33.1 Å². The molecule has 0 radical (unpaired) electrons. The Hall–Kier alpha value is -1.31. The molecule has 0 aliphatic rings. The zero-order chi connectivity index (χ0) is 8.27. The number of benzene rings is 1. The predicted molar refractivity (Wildman–Crippen MR) is 45.5 cm³/mol. The van der Waals surface area contributed by atoms with Crippen molar-refractivity contribution in [2.75, 3.05) is 7.11 Å². The molecule has 58 valence electrons. The summed E-state index contributed by atoms with van der Waals surface area (Å²) < 4.78 is 5.01. The van der Waals surface area contributed by atoms with E-state index in [2.05, 4.69) is 0 Å². The lowest BCUT2D eigenvalue weighted by Gasteiger charge is -2.01. The van der Waals surface area contributed by atoms with Crippen molar-refractivity contribution >= 4 is 5.71 Å². The smallest absolute Gasteiger partial charge is 0.119 e. The number of hydrogen-bond acceptors (Lipinski definition) is 2. The van der Waals surface area contributed by atoms with Crippen LogP contribution in [0.3, 0.4) is 0 Å². The summed E-state index contributed by atoms with van der Waals surface area (Å²) in [6, 6.07) is 7.49. The van der Waals surface area contributed by atoms with Gasteiger partial charge in [-0.1, -0.05) is 12.1 Å². The highest BCUT2D eigenvalue weighted by atomic mass is 16.5. The van der Waals surface area contributed by atoms with Crippen LogP contribution in [0.4, 0.5) is 0 Å². The van der Waals surface area contributed by atoms with Gasteiger partial charge in [0.05, 0.1) is 7.11 Å². The largest absolute Gasteiger partial charge is 0.497 e. The molecule has 0 unspecified atom stereocenters. The van der Waals surface area contributed by atoms with Gasteiger partial charge in [-0.25, -0.2) is 0 Å². The van der Waals surface area contributed by atoms with Crippen LogP contribution >= 0.6 is 0 Å². The molecule has 1 aromatic rings. The summed E-state index contributed by atoms with van der Waals surface area (Å²) in [5, 5.41) is 7.35. The van der Waals surface area contributed by atoms with Crippen molar-refractivity contribution in [3.05, 3.63) is 29.8 Å². The van der Waals surface area contributed by atoms with Gasteiger partial charge in [0.25, 0.3) is 0 Å². The molecule has 1 rings (SSSR count). The molecule has 0 saturated heterocycles. The minimum atomic E-state index is 0.559. The molecule has 2 nitrogen and oxygen atoms in total. The van der Waals surface area contributed by atoms with Gasteiger partial charge in [-0.05, 0) is 24.6 Å². The Kier molecular flexibility index (Phi) is 2.26. The Balaban J connectivity index is 3.01. The van der Waals surface area contributed by atoms with Gasteiger partial charge < -0.3 is 10.1 Å². The van der Waals surface area contributed by atoms with Gasteiger partial charge in [-0.2, -0.15) is 0 Å². The minimum Gasteiger partial charge on any atom is -0.497 e. The first-order chi connectivity index (χ1) is 5.24. The molecule has 2 heteroatoms. The van der Waals surface area contributed by atoms with E-state index in [1.165, 1.54) is 0 Å². The van der Waals surface area contributed by atoms with E-state index in [0.717, 1.165) is 11.3 Å². The van der Waals surface area contributed by atoms with Gasteiger partial charge >= 0.3 is 0 Å². The first-order valence-corrected chi connectivity index (χ1v) is 3.43. The second-order valence-electron chi connectivity index (χ2n) is 2.36. The lowest BCUT2D eigenvalue weighted by molar-refractivity contribution is 0.414. The van der Waals surface area contributed by atoms with E-state index in [-0.39, 0.29) is 0 Å². The molecule has 0 atom stereocenters. The highest BCUT2D eigenvalue weighted by Crippen LogP contribution is 2.12. The van der Waals surface area contributed by atoms with Crippen LogP contribution in [-0.2, 0) is 0 Å². The Bertz CT molecular complexity index is 268. The van der Waals surface area contributed by atoms with Crippen molar-refractivity contribution in [3.8, 4) is 5.75 Å². The summed E-state index contributed by atoms with van der Waals surface area (Å²) >= 11 is 0. The number of methoxy groups -OCH3 is 1. The average molecular weight is 149 g/mol. The summed E-state index contributed by atoms with van der Waals surface area (Å²) in [6.07, 6.45) is 0. The van der Waals surface area contributed by atoms with Crippen molar-refractivity contribution < 1.29 is 4.74 Å². The summed E-state index contributed by atoms with van der Waals surface area (Å²) in [5.74, 6) is 0.800. The molecular weight excluding hydrogens is 138 g/mol. The SMILES string of the molecule is COc1cccc(C(C)=N)c1. The van der Waals surface area contributed by atoms with Crippen LogP contribution in [0.15, 0.2) is 24.3 Å². The van der Waals surface area contributed by atoms with Crippen LogP contribution in [0.1, 0.15) is 12.5 Å². The summed E-state index contributed by atoms with van der Waals surface area (Å²) in [5.41, 5.74) is 1.47. The molecule has 1 aromatic carbocycles. The van der Waals surface area contributed by atoms with E-state index in [9.17, 15) is 0 Å². The van der Waals surface area contributed by atoms with Gasteiger partial charge in [0.1, 0.15) is 5.75 Å². The standard InChI is InChI=1S/C9H11NO/c1-7(10)8-4-3-5-9(6-8)11-2/h3-6,10H,1-2H3. The zero-order valence-corrected chi connectivity index (χ0v) is 6.72. The molecule has 1 N–H and O–H groups in total. The summed E-state index contributed by atoms with van der Waals surface area (Å²) in [4.78, 5) is 0. The number of nitrogens with one attached hydrogen (secondary N) is 1. The Morgan fingerprint density at radius 3 is 2.73 bits per heavy atom. The predicted octanol–water partition coefficient (Wildman–Crippen LogP) is 2.08. The van der Waals surface area contributed by atoms with Crippen molar-refractivity contribution in [1.82, 2.24) is 0 Å². The highest BCUT2D eigenvalue weighted by molar-refractivity contribution is 5.96. The zero-order valence-electron chi connectivity index (χ0n) is 6.72. The number of ether oxygens (including phenoxy) is 1. The molecule has 0 spiro atoms. The van der Waals surface area contributed by atoms with Gasteiger partial charge in [0.15, 0.2) is 0 Å². The normalized spacial score (nSPS) is 9.27. The van der Waals surface area contributed by atoms with Gasteiger partial charge in [-0.3, -0.25) is 0 Å². The van der Waals surface area contributed by atoms with E-state index in [4.69, 9.17) is 10.1 Å². The molecular formula is C9H11NO. The molecule has 0 fully saturated rings. The quantitative estimate of drug-likeness (QED) is 0.641. The van der Waals surface area contributed by atoms with Crippen molar-refractivity contribution in [2.24, 2.45) is 0 Å². The van der Waals surface area contributed by atoms with Gasteiger partial charge in [0.2, 0.25) is 0 Å². The number of hydrogen-bond donors (Lipinski definition) is 1. The lowest BCUT2D eigenvalue weighted by atomic mass is 10.1. The molecule has 0 aromatic heterocycles. The van der Waals surface area contributed by atoms with E-state index in [1.807, 2.05) is 24.3 Å². The molecule has 0 heterocycles. The molecule has 0 bridgehead atoms. The van der Waals surface area contributed by atoms with Crippen LogP contribution in [0.2, 0.25) is 0 Å². The fourth-order valence-corrected chi connectivity index (χ4v) is 0.856. The van der Waals surface area contributed by atoms with Gasteiger partial charge in [-0.15, -0.1) is 0 Å². The summed E-state index contributed by atoms with van der Waals surface area (Å²) in [6.45, 7) is 1.76. The van der Waals surface area contributed by atoms with Crippen LogP contribution in [0, 0.1) is 5.41 Å². The molecule has 0 aliphatic carbocycles. The van der Waals surface area contributed by atoms with E-state index >= 15 is 0 Å². The second kappa shape index (κ2) is 3.19. The Morgan fingerprint density at radius 1 is 1.45 bits per heavy atom. The third kappa shape index (κ3) is 1.80. The first kappa shape index (κ1) is 7.79. The maximum absolute atomic E-state index is 7.35. The molecule has 0 amide bonds. The van der Waals surface area contributed by atoms with Gasteiger partial charge in [0, 0.05) is 5.71 Å². The fourth-order valence-electron chi connectivity index (χ4n) is 0.856. The Labute approximate surface area is 66.3 Å². The first-order valence-electron chi connectivity index (χ1n) is 3.43. The lowest BCUT2D eigenvalue weighted by Crippen LogP contribution is -1.92. The monoisotopic (exact) mass is 149 g/mol. The van der Waals surface area contributed by atoms with Crippen LogP contribution in [0.25, 0.3) is 0 Å². The van der Waals surface area contributed by atoms with Crippen molar-refractivity contribution in [2.45, 2.75) is 6.92 Å². The van der Waals surface area contributed by atoms with E-state index in [0.29, 0.717) is 5.71 Å². The van der Waals surface area contributed by atoms with Crippen LogP contribution < -0.4 is 4.74 Å². The number of rotatable bonds is 2. The molecule has 11 heavy (non-hydrogen) atoms.